The number of nitrogens with zero attached hydrogens (tertiary/aromatic N) is 1. The van der Waals surface area contributed by atoms with E-state index >= 15 is 0 Å². The van der Waals surface area contributed by atoms with E-state index in [0.717, 1.165) is 13.1 Å². The monoisotopic (exact) mass is 300 g/mol. The van der Waals surface area contributed by atoms with Gasteiger partial charge >= 0.3 is 0 Å². The summed E-state index contributed by atoms with van der Waals surface area (Å²) in [7, 11) is 2.00. The van der Waals surface area contributed by atoms with E-state index < -0.39 is 0 Å². The molecule has 0 aliphatic carbocycles. The molecule has 0 radical (unpaired) electrons. The van der Waals surface area contributed by atoms with E-state index in [1.165, 1.54) is 6.07 Å². The van der Waals surface area contributed by atoms with E-state index in [1.807, 2.05) is 7.05 Å². The topological polar surface area (TPSA) is 52.6 Å². The lowest BCUT2D eigenvalue weighted by Gasteiger charge is -2.14. The number of nitrogens with one attached hydrogen (secondary N) is 1. The number of hydrogen-bond acceptors (Lipinski definition) is 3. The molecule has 0 saturated heterocycles. The van der Waals surface area contributed by atoms with Crippen LogP contribution in [0.3, 0.4) is 0 Å². The zero-order valence-electron chi connectivity index (χ0n) is 10.0. The van der Waals surface area contributed by atoms with Crippen molar-refractivity contribution in [1.82, 2.24) is 10.2 Å². The lowest BCUT2D eigenvalue weighted by molar-refractivity contribution is 0.0949. The molecular weight excluding hydrogens is 284 g/mol. The minimum Gasteiger partial charge on any atom is -0.507 e. The van der Waals surface area contributed by atoms with Gasteiger partial charge < -0.3 is 15.3 Å². The highest BCUT2D eigenvalue weighted by molar-refractivity contribution is 9.10. The smallest absolute Gasteiger partial charge is 0.251 e. The fourth-order valence-corrected chi connectivity index (χ4v) is 1.52. The first-order valence-electron chi connectivity index (χ1n) is 5.50. The highest BCUT2D eigenvalue weighted by Gasteiger charge is 2.07. The number of hydrogen-bond donors (Lipinski definition) is 2. The molecule has 5 heteroatoms. The number of carbonyl (C=O) groups is 1. The molecule has 0 atom stereocenters. The highest BCUT2D eigenvalue weighted by Crippen LogP contribution is 2.24. The van der Waals surface area contributed by atoms with E-state index in [-0.39, 0.29) is 11.7 Å². The minimum atomic E-state index is -0.169. The molecule has 2 N–H and O–H groups in total. The Kier molecular flexibility index (Phi) is 5.44. The molecule has 1 aromatic rings. The van der Waals surface area contributed by atoms with Crippen molar-refractivity contribution in [3.8, 4) is 5.75 Å². The van der Waals surface area contributed by atoms with E-state index in [4.69, 9.17) is 0 Å². The number of carbonyl (C=O) groups excluding carboxylic acids is 1. The lowest BCUT2D eigenvalue weighted by Crippen LogP contribution is -2.32. The van der Waals surface area contributed by atoms with Crippen LogP contribution in [0.2, 0.25) is 0 Å². The Labute approximate surface area is 110 Å². The normalized spacial score (nSPS) is 10.6. The summed E-state index contributed by atoms with van der Waals surface area (Å²) >= 11 is 3.17. The molecule has 0 aromatic heterocycles. The number of halogens is 1. The van der Waals surface area contributed by atoms with Gasteiger partial charge in [-0.15, -0.1) is 0 Å². The Hall–Kier alpha value is -1.07. The maximum absolute atomic E-state index is 11.7. The third kappa shape index (κ3) is 4.36. The van der Waals surface area contributed by atoms with Crippen molar-refractivity contribution >= 4 is 21.8 Å². The Morgan fingerprint density at radius 3 is 2.82 bits per heavy atom. The number of phenolic OH excluding ortho intramolecular Hbond substituents is 1. The van der Waals surface area contributed by atoms with Crippen LogP contribution in [-0.2, 0) is 0 Å². The zero-order valence-corrected chi connectivity index (χ0v) is 11.6. The molecule has 1 aromatic carbocycles. The maximum atomic E-state index is 11.7. The molecule has 17 heavy (non-hydrogen) atoms. The summed E-state index contributed by atoms with van der Waals surface area (Å²) in [6, 6.07) is 4.77. The van der Waals surface area contributed by atoms with Crippen molar-refractivity contribution in [2.24, 2.45) is 0 Å². The van der Waals surface area contributed by atoms with Crippen molar-refractivity contribution in [2.75, 3.05) is 26.7 Å². The fourth-order valence-electron chi connectivity index (χ4n) is 1.27. The maximum Gasteiger partial charge on any atom is 0.251 e. The fraction of sp³-hybridized carbons (Fsp3) is 0.417. The van der Waals surface area contributed by atoms with E-state index in [1.54, 1.807) is 12.1 Å². The van der Waals surface area contributed by atoms with Gasteiger partial charge in [-0.1, -0.05) is 6.92 Å². The quantitative estimate of drug-likeness (QED) is 0.872. The number of amides is 1. The zero-order chi connectivity index (χ0) is 12.8. The summed E-state index contributed by atoms with van der Waals surface area (Å²) < 4.78 is 0.583. The van der Waals surface area contributed by atoms with Crippen molar-refractivity contribution in [3.63, 3.8) is 0 Å². The van der Waals surface area contributed by atoms with Gasteiger partial charge in [0.1, 0.15) is 5.75 Å². The first-order chi connectivity index (χ1) is 8.04. The molecule has 0 spiro atoms. The van der Waals surface area contributed by atoms with Gasteiger partial charge in [-0.25, -0.2) is 0 Å². The van der Waals surface area contributed by atoms with Gasteiger partial charge in [0.2, 0.25) is 0 Å². The van der Waals surface area contributed by atoms with Gasteiger partial charge in [-0.2, -0.15) is 0 Å². The lowest BCUT2D eigenvalue weighted by atomic mass is 10.2. The van der Waals surface area contributed by atoms with Crippen LogP contribution in [0.4, 0.5) is 0 Å². The van der Waals surface area contributed by atoms with Crippen molar-refractivity contribution < 1.29 is 9.90 Å². The molecule has 0 saturated carbocycles. The van der Waals surface area contributed by atoms with E-state index in [9.17, 15) is 9.90 Å². The molecule has 94 valence electrons. The summed E-state index contributed by atoms with van der Waals surface area (Å²) in [6.45, 7) is 4.42. The Morgan fingerprint density at radius 2 is 2.24 bits per heavy atom. The van der Waals surface area contributed by atoms with Gasteiger partial charge in [-0.3, -0.25) is 4.79 Å². The average Bonchev–Trinajstić information content (AvgIpc) is 2.32. The summed E-state index contributed by atoms with van der Waals surface area (Å²) in [5, 5.41) is 12.3. The van der Waals surface area contributed by atoms with Crippen molar-refractivity contribution in [1.29, 1.82) is 0 Å². The standard InChI is InChI=1S/C12H17BrN2O2/c1-3-15(2)7-6-14-12(17)9-4-5-10(13)11(16)8-9/h4-5,8,16H,3,6-7H2,1-2H3,(H,14,17). The van der Waals surface area contributed by atoms with E-state index in [2.05, 4.69) is 33.1 Å². The van der Waals surface area contributed by atoms with E-state index in [0.29, 0.717) is 16.6 Å². The molecule has 0 aliphatic rings. The Morgan fingerprint density at radius 1 is 1.53 bits per heavy atom. The second-order valence-corrected chi connectivity index (χ2v) is 4.67. The molecule has 4 nitrogen and oxygen atoms in total. The largest absolute Gasteiger partial charge is 0.507 e. The first-order valence-corrected chi connectivity index (χ1v) is 6.29. The Bertz CT molecular complexity index is 396. The number of rotatable bonds is 5. The predicted molar refractivity (Wildman–Crippen MR) is 71.3 cm³/mol. The van der Waals surface area contributed by atoms with Crippen LogP contribution < -0.4 is 5.32 Å². The number of phenols is 1. The first kappa shape index (κ1) is 14.0. The number of aromatic hydroxyl groups is 1. The third-order valence-electron chi connectivity index (χ3n) is 2.53. The number of likely N-dealkylation sites (N-methyl/N-ethyl adjacent to an activating group) is 1. The van der Waals surface area contributed by atoms with Crippen LogP contribution in [0.15, 0.2) is 22.7 Å². The average molecular weight is 301 g/mol. The second kappa shape index (κ2) is 6.61. The molecule has 0 bridgehead atoms. The highest BCUT2D eigenvalue weighted by atomic mass is 79.9. The van der Waals surface area contributed by atoms with Crippen molar-refractivity contribution in [3.05, 3.63) is 28.2 Å². The molecule has 1 rings (SSSR count). The second-order valence-electron chi connectivity index (χ2n) is 3.82. The molecule has 1 amide bonds. The van der Waals surface area contributed by atoms with Gasteiger partial charge in [-0.05, 0) is 47.7 Å². The molecule has 0 fully saturated rings. The molecular formula is C12H17BrN2O2. The SMILES string of the molecule is CCN(C)CCNC(=O)c1ccc(Br)c(O)c1. The molecule has 0 unspecified atom stereocenters. The van der Waals surface area contributed by atoms with Gasteiger partial charge in [0, 0.05) is 18.7 Å². The molecule has 0 heterocycles. The summed E-state index contributed by atoms with van der Waals surface area (Å²) in [5.74, 6) is -0.0966. The number of benzene rings is 1. The van der Waals surface area contributed by atoms with Crippen LogP contribution >= 0.6 is 15.9 Å². The van der Waals surface area contributed by atoms with Gasteiger partial charge in [0.05, 0.1) is 4.47 Å². The van der Waals surface area contributed by atoms with Crippen LogP contribution in [0.5, 0.6) is 5.75 Å². The van der Waals surface area contributed by atoms with Crippen LogP contribution in [0.25, 0.3) is 0 Å². The van der Waals surface area contributed by atoms with Crippen LogP contribution in [0, 0.1) is 0 Å². The summed E-state index contributed by atoms with van der Waals surface area (Å²) in [6.07, 6.45) is 0. The Balaban J connectivity index is 2.50. The third-order valence-corrected chi connectivity index (χ3v) is 3.20. The van der Waals surface area contributed by atoms with Crippen molar-refractivity contribution in [2.45, 2.75) is 6.92 Å². The summed E-state index contributed by atoms with van der Waals surface area (Å²) in [4.78, 5) is 13.8. The minimum absolute atomic E-state index is 0.0725. The van der Waals surface area contributed by atoms with Gasteiger partial charge in [0.15, 0.2) is 0 Å². The molecule has 0 aliphatic heterocycles. The summed E-state index contributed by atoms with van der Waals surface area (Å²) in [5.41, 5.74) is 0.463. The van der Waals surface area contributed by atoms with Crippen LogP contribution in [0.1, 0.15) is 17.3 Å². The van der Waals surface area contributed by atoms with Gasteiger partial charge in [0.25, 0.3) is 5.91 Å². The predicted octanol–water partition coefficient (Wildman–Crippen LogP) is 1.84. The van der Waals surface area contributed by atoms with Crippen LogP contribution in [-0.4, -0.2) is 42.6 Å².